The van der Waals surface area contributed by atoms with Gasteiger partial charge in [-0.05, 0) is 23.1 Å². The Balaban J connectivity index is 2.49. The summed E-state index contributed by atoms with van der Waals surface area (Å²) in [7, 11) is 0. The highest BCUT2D eigenvalue weighted by Crippen LogP contribution is 2.27. The van der Waals surface area contributed by atoms with Crippen molar-refractivity contribution in [3.05, 3.63) is 46.5 Å². The summed E-state index contributed by atoms with van der Waals surface area (Å²) >= 11 is 0. The summed E-state index contributed by atoms with van der Waals surface area (Å²) in [5.74, 6) is 0.494. The normalized spacial score (nSPS) is 10.4. The molecule has 2 aromatic rings. The summed E-state index contributed by atoms with van der Waals surface area (Å²) in [6.07, 6.45) is -0.0672. The molecule has 6 nitrogen and oxygen atoms in total. The predicted octanol–water partition coefficient (Wildman–Crippen LogP) is 2.93. The molecule has 0 unspecified atom stereocenters. The third kappa shape index (κ3) is 3.68. The molecule has 0 saturated carbocycles. The van der Waals surface area contributed by atoms with Gasteiger partial charge in [-0.1, -0.05) is 32.9 Å². The minimum Gasteiger partial charge on any atom is -0.318 e. The van der Waals surface area contributed by atoms with E-state index in [0.717, 1.165) is 5.69 Å². The van der Waals surface area contributed by atoms with Gasteiger partial charge in [0.15, 0.2) is 0 Å². The zero-order valence-electron chi connectivity index (χ0n) is 14.4. The maximum Gasteiger partial charge on any atom is 0.242 e. The summed E-state index contributed by atoms with van der Waals surface area (Å²) in [6.45, 7) is 6.39. The summed E-state index contributed by atoms with van der Waals surface area (Å²) in [5, 5.41) is 30.9. The highest BCUT2D eigenvalue weighted by Gasteiger charge is 2.22. The van der Waals surface area contributed by atoms with Crippen LogP contribution in [-0.4, -0.2) is 0 Å². The van der Waals surface area contributed by atoms with Gasteiger partial charge in [-0.25, -0.2) is 4.98 Å². The Kier molecular flexibility index (Phi) is 4.92. The molecule has 1 heterocycles. The molecule has 0 radical (unpaired) electrons. The monoisotopic (exact) mass is 331 g/mol. The van der Waals surface area contributed by atoms with E-state index in [-0.39, 0.29) is 28.8 Å². The Morgan fingerprint density at radius 1 is 1.04 bits per heavy atom. The van der Waals surface area contributed by atoms with E-state index in [1.807, 2.05) is 36.4 Å². The Hall–Kier alpha value is -3.56. The van der Waals surface area contributed by atoms with Crippen molar-refractivity contribution in [3.63, 3.8) is 0 Å². The third-order valence-electron chi connectivity index (χ3n) is 3.88. The average Bonchev–Trinajstić information content (AvgIpc) is 2.55. The highest BCUT2D eigenvalue weighted by molar-refractivity contribution is 5.67. The fourth-order valence-electron chi connectivity index (χ4n) is 2.50. The van der Waals surface area contributed by atoms with Crippen LogP contribution >= 0.6 is 0 Å². The molecule has 2 rings (SSSR count). The number of nitrogens with zero attached hydrogens (tertiary/aromatic N) is 3. The van der Waals surface area contributed by atoms with Crippen molar-refractivity contribution >= 4 is 17.3 Å². The number of nitrogens with one attached hydrogen (secondary N) is 2. The van der Waals surface area contributed by atoms with Gasteiger partial charge < -0.3 is 5.73 Å². The molecule has 0 fully saturated rings. The van der Waals surface area contributed by atoms with Crippen molar-refractivity contribution in [1.82, 2.24) is 0 Å². The third-order valence-corrected chi connectivity index (χ3v) is 3.88. The van der Waals surface area contributed by atoms with Crippen molar-refractivity contribution in [2.75, 3.05) is 11.1 Å². The maximum absolute atomic E-state index is 9.50. The molecule has 0 saturated heterocycles. The number of pyridine rings is 1. The first kappa shape index (κ1) is 17.8. The van der Waals surface area contributed by atoms with Crippen molar-refractivity contribution in [1.29, 1.82) is 15.8 Å². The minimum absolute atomic E-state index is 0.0430. The number of aromatic amines is 1. The van der Waals surface area contributed by atoms with E-state index < -0.39 is 0 Å². The van der Waals surface area contributed by atoms with Gasteiger partial charge in [0.25, 0.3) is 0 Å². The highest BCUT2D eigenvalue weighted by atomic mass is 15.0. The summed E-state index contributed by atoms with van der Waals surface area (Å²) < 4.78 is 0. The van der Waals surface area contributed by atoms with Crippen LogP contribution < -0.4 is 16.0 Å². The number of benzene rings is 1. The fraction of sp³-hybridized carbons (Fsp3) is 0.263. The lowest BCUT2D eigenvalue weighted by atomic mass is 9.87. The molecule has 6 heteroatoms. The van der Waals surface area contributed by atoms with Crippen LogP contribution in [0.3, 0.4) is 0 Å². The molecule has 1 aromatic carbocycles. The summed E-state index contributed by atoms with van der Waals surface area (Å²) in [6, 6.07) is 13.8. The van der Waals surface area contributed by atoms with Crippen molar-refractivity contribution in [3.8, 4) is 18.2 Å². The van der Waals surface area contributed by atoms with Crippen molar-refractivity contribution in [2.45, 2.75) is 32.6 Å². The molecule has 0 aliphatic heterocycles. The molecule has 4 N–H and O–H groups in total. The summed E-state index contributed by atoms with van der Waals surface area (Å²) in [5.41, 5.74) is 8.56. The van der Waals surface area contributed by atoms with E-state index in [1.165, 1.54) is 5.56 Å². The minimum atomic E-state index is -0.0672. The van der Waals surface area contributed by atoms with Crippen LogP contribution in [0.2, 0.25) is 0 Å². The standard InChI is InChI=1S/C19H18N6/c1-19(2,3)12-4-6-13(7-5-12)24-18-16(11-22)14(8-9-20)15(10-21)17(23)25-18/h4-7H,8H2,1-3H3,(H3,23,24,25)/p+1. The zero-order valence-corrected chi connectivity index (χ0v) is 14.4. The first-order valence-electron chi connectivity index (χ1n) is 7.74. The van der Waals surface area contributed by atoms with E-state index in [2.05, 4.69) is 37.1 Å². The quantitative estimate of drug-likeness (QED) is 0.894. The van der Waals surface area contributed by atoms with E-state index in [9.17, 15) is 10.5 Å². The molecule has 0 bridgehead atoms. The zero-order chi connectivity index (χ0) is 18.6. The van der Waals surface area contributed by atoms with Crippen LogP contribution in [0.1, 0.15) is 43.0 Å². The summed E-state index contributed by atoms with van der Waals surface area (Å²) in [4.78, 5) is 2.85. The topological polar surface area (TPSA) is 124 Å². The molecule has 0 amide bonds. The molecule has 0 aliphatic rings. The van der Waals surface area contributed by atoms with Crippen LogP contribution in [0.15, 0.2) is 24.3 Å². The molecule has 124 valence electrons. The molecule has 25 heavy (non-hydrogen) atoms. The van der Waals surface area contributed by atoms with Crippen LogP contribution in [0, 0.1) is 34.0 Å². The van der Waals surface area contributed by atoms with Crippen LogP contribution in [0.4, 0.5) is 17.3 Å². The number of hydrogen-bond donors (Lipinski definition) is 2. The Morgan fingerprint density at radius 3 is 2.12 bits per heavy atom. The van der Waals surface area contributed by atoms with Crippen molar-refractivity contribution in [2.24, 2.45) is 0 Å². The van der Waals surface area contributed by atoms with E-state index >= 15 is 0 Å². The number of hydrogen-bond acceptors (Lipinski definition) is 5. The molecular weight excluding hydrogens is 312 g/mol. The second-order valence-corrected chi connectivity index (χ2v) is 6.65. The lowest BCUT2D eigenvalue weighted by Gasteiger charge is -2.19. The van der Waals surface area contributed by atoms with Gasteiger partial charge in [0, 0.05) is 5.56 Å². The fourth-order valence-corrected chi connectivity index (χ4v) is 2.50. The smallest absolute Gasteiger partial charge is 0.242 e. The number of anilines is 3. The average molecular weight is 331 g/mol. The van der Waals surface area contributed by atoms with Crippen LogP contribution in [0.25, 0.3) is 0 Å². The van der Waals surface area contributed by atoms with E-state index in [4.69, 9.17) is 11.0 Å². The lowest BCUT2D eigenvalue weighted by molar-refractivity contribution is -0.343. The molecule has 1 aromatic heterocycles. The number of nitriles is 3. The van der Waals surface area contributed by atoms with Crippen LogP contribution in [0.5, 0.6) is 0 Å². The molecular formula is C19H19N6+. The SMILES string of the molecule is CC(C)(C)c1ccc(Nc2[nH+]c(N)c(C#N)c(CC#N)c2C#N)cc1. The molecule has 0 spiro atoms. The number of rotatable bonds is 3. The van der Waals surface area contributed by atoms with Crippen LogP contribution in [-0.2, 0) is 11.8 Å². The molecule has 0 atom stereocenters. The number of nitrogen functional groups attached to an aromatic ring is 1. The van der Waals surface area contributed by atoms with E-state index in [0.29, 0.717) is 11.4 Å². The largest absolute Gasteiger partial charge is 0.318 e. The molecule has 0 aliphatic carbocycles. The first-order chi connectivity index (χ1) is 11.8. The van der Waals surface area contributed by atoms with Gasteiger partial charge in [0.1, 0.15) is 23.3 Å². The van der Waals surface area contributed by atoms with Gasteiger partial charge in [0.2, 0.25) is 11.6 Å². The Bertz CT molecular complexity index is 915. The van der Waals surface area contributed by atoms with E-state index in [1.54, 1.807) is 0 Å². The van der Waals surface area contributed by atoms with Gasteiger partial charge >= 0.3 is 0 Å². The maximum atomic E-state index is 9.50. The predicted molar refractivity (Wildman–Crippen MR) is 94.6 cm³/mol. The number of aromatic nitrogens is 1. The second kappa shape index (κ2) is 6.91. The van der Waals surface area contributed by atoms with Gasteiger partial charge in [-0.2, -0.15) is 15.8 Å². The van der Waals surface area contributed by atoms with Crippen molar-refractivity contribution < 1.29 is 4.98 Å². The second-order valence-electron chi connectivity index (χ2n) is 6.65. The Morgan fingerprint density at radius 2 is 1.64 bits per heavy atom. The number of nitrogens with two attached hydrogens (primary N) is 1. The Labute approximate surface area is 147 Å². The van der Waals surface area contributed by atoms with Gasteiger partial charge in [-0.3, -0.25) is 5.32 Å². The number of H-pyrrole nitrogens is 1. The first-order valence-corrected chi connectivity index (χ1v) is 7.74. The van der Waals surface area contributed by atoms with Gasteiger partial charge in [-0.15, -0.1) is 0 Å². The lowest BCUT2D eigenvalue weighted by Crippen LogP contribution is -2.21. The van der Waals surface area contributed by atoms with Gasteiger partial charge in [0.05, 0.1) is 18.2 Å².